The van der Waals surface area contributed by atoms with E-state index in [0.29, 0.717) is 0 Å². The van der Waals surface area contributed by atoms with Crippen LogP contribution in [0.2, 0.25) is 0 Å². The van der Waals surface area contributed by atoms with E-state index in [0.717, 1.165) is 22.1 Å². The first-order valence-electron chi connectivity index (χ1n) is 10.5. The summed E-state index contributed by atoms with van der Waals surface area (Å²) in [5.41, 5.74) is -0.203. The molecule has 1 atom stereocenters. The number of nitrogens with one attached hydrogen (secondary N) is 1. The number of pyridine rings is 1. The molecule has 4 aliphatic rings. The first kappa shape index (κ1) is 20.6. The van der Waals surface area contributed by atoms with Gasteiger partial charge in [-0.2, -0.15) is 0 Å². The molecule has 7 nitrogen and oxygen atoms in total. The normalized spacial score (nSPS) is 31.8. The van der Waals surface area contributed by atoms with Gasteiger partial charge >= 0.3 is 0 Å². The molecule has 0 saturated heterocycles. The summed E-state index contributed by atoms with van der Waals surface area (Å²) in [6.07, 6.45) is 8.88. The summed E-state index contributed by atoms with van der Waals surface area (Å²) in [4.78, 5) is 24.9. The third-order valence-corrected chi connectivity index (χ3v) is 9.23. The van der Waals surface area contributed by atoms with Gasteiger partial charge in [0.1, 0.15) is 6.54 Å². The molecule has 1 amide bonds. The largest absolute Gasteiger partial charge is 0.352 e. The Morgan fingerprint density at radius 3 is 2.24 bits per heavy atom. The lowest BCUT2D eigenvalue weighted by Crippen LogP contribution is -2.56. The van der Waals surface area contributed by atoms with Crippen LogP contribution < -0.4 is 10.9 Å². The molecule has 1 heterocycles. The second kappa shape index (κ2) is 7.23. The van der Waals surface area contributed by atoms with E-state index in [9.17, 15) is 18.0 Å². The Kier molecular flexibility index (Phi) is 5.14. The highest BCUT2D eigenvalue weighted by Crippen LogP contribution is 2.61. The van der Waals surface area contributed by atoms with Crippen molar-refractivity contribution in [3.05, 3.63) is 28.7 Å². The number of hydrogen-bond donors (Lipinski definition) is 1. The predicted octanol–water partition coefficient (Wildman–Crippen LogP) is 1.82. The van der Waals surface area contributed by atoms with Crippen LogP contribution in [0, 0.1) is 23.2 Å². The van der Waals surface area contributed by atoms with Crippen molar-refractivity contribution in [3.63, 3.8) is 0 Å². The highest BCUT2D eigenvalue weighted by molar-refractivity contribution is 7.89. The molecule has 4 fully saturated rings. The Morgan fingerprint density at radius 1 is 1.17 bits per heavy atom. The Bertz CT molecular complexity index is 931. The maximum Gasteiger partial charge on any atom is 0.251 e. The molecule has 29 heavy (non-hydrogen) atoms. The van der Waals surface area contributed by atoms with Crippen LogP contribution in [0.1, 0.15) is 45.4 Å². The molecule has 4 saturated carbocycles. The lowest BCUT2D eigenvalue weighted by molar-refractivity contribution is -0.126. The highest BCUT2D eigenvalue weighted by Gasteiger charge is 2.53. The minimum absolute atomic E-state index is 0.00373. The summed E-state index contributed by atoms with van der Waals surface area (Å²) in [5, 5.41) is 3.14. The van der Waals surface area contributed by atoms with Gasteiger partial charge in [0, 0.05) is 32.4 Å². The van der Waals surface area contributed by atoms with Crippen LogP contribution in [-0.2, 0) is 21.4 Å². The number of amides is 1. The molecule has 5 rings (SSSR count). The van der Waals surface area contributed by atoms with Gasteiger partial charge in [-0.25, -0.2) is 12.7 Å². The third kappa shape index (κ3) is 3.77. The standard InChI is InChI=1S/C21H31N3O4S/c1-14(21-9-15-6-16(10-21)8-17(7-15)11-21)22-19(25)13-24-12-18(4-5-20(24)26)29(27,28)23(2)3/h4-5,12,14-17H,6-11,13H2,1-3H3,(H,22,25)/t14-,15?,16?,17?,21?/m1/s1. The average molecular weight is 422 g/mol. The Hall–Kier alpha value is -1.67. The molecule has 0 aliphatic heterocycles. The highest BCUT2D eigenvalue weighted by atomic mass is 32.2. The quantitative estimate of drug-likeness (QED) is 0.759. The number of nitrogens with zero attached hydrogens (tertiary/aromatic N) is 2. The van der Waals surface area contributed by atoms with Crippen molar-refractivity contribution in [3.8, 4) is 0 Å². The second-order valence-electron chi connectivity index (χ2n) is 9.69. The maximum atomic E-state index is 12.7. The van der Waals surface area contributed by atoms with Crippen LogP contribution in [0.3, 0.4) is 0 Å². The molecule has 0 spiro atoms. The zero-order chi connectivity index (χ0) is 21.0. The van der Waals surface area contributed by atoms with Gasteiger partial charge in [-0.15, -0.1) is 0 Å². The lowest BCUT2D eigenvalue weighted by atomic mass is 9.48. The zero-order valence-corrected chi connectivity index (χ0v) is 18.2. The van der Waals surface area contributed by atoms with Crippen LogP contribution in [0.25, 0.3) is 0 Å². The van der Waals surface area contributed by atoms with Gasteiger partial charge in [0.2, 0.25) is 15.9 Å². The van der Waals surface area contributed by atoms with Crippen LogP contribution in [-0.4, -0.2) is 43.3 Å². The van der Waals surface area contributed by atoms with Crippen molar-refractivity contribution in [2.75, 3.05) is 14.1 Å². The molecule has 0 radical (unpaired) electrons. The van der Waals surface area contributed by atoms with Crippen molar-refractivity contribution in [1.29, 1.82) is 0 Å². The summed E-state index contributed by atoms with van der Waals surface area (Å²) in [6, 6.07) is 2.55. The first-order valence-corrected chi connectivity index (χ1v) is 12.0. The van der Waals surface area contributed by atoms with E-state index in [1.165, 1.54) is 75.5 Å². The van der Waals surface area contributed by atoms with E-state index in [2.05, 4.69) is 12.2 Å². The predicted molar refractivity (Wildman–Crippen MR) is 110 cm³/mol. The number of carbonyl (C=O) groups is 1. The summed E-state index contributed by atoms with van der Waals surface area (Å²) in [7, 11) is -0.794. The topological polar surface area (TPSA) is 88.5 Å². The monoisotopic (exact) mass is 421 g/mol. The van der Waals surface area contributed by atoms with Crippen LogP contribution in [0.15, 0.2) is 28.0 Å². The lowest BCUT2D eigenvalue weighted by Gasteiger charge is -2.59. The summed E-state index contributed by atoms with van der Waals surface area (Å²) >= 11 is 0. The summed E-state index contributed by atoms with van der Waals surface area (Å²) in [5.74, 6) is 2.16. The summed E-state index contributed by atoms with van der Waals surface area (Å²) in [6.45, 7) is 1.92. The Labute approximate surface area is 172 Å². The molecule has 1 N–H and O–H groups in total. The molecule has 1 aromatic rings. The molecule has 4 bridgehead atoms. The molecule has 8 heteroatoms. The van der Waals surface area contributed by atoms with Gasteiger partial charge < -0.3 is 9.88 Å². The van der Waals surface area contributed by atoms with Gasteiger partial charge in [0.05, 0.1) is 4.90 Å². The van der Waals surface area contributed by atoms with Crippen molar-refractivity contribution < 1.29 is 13.2 Å². The zero-order valence-electron chi connectivity index (χ0n) is 17.4. The maximum absolute atomic E-state index is 12.7. The third-order valence-electron chi connectivity index (χ3n) is 7.43. The van der Waals surface area contributed by atoms with E-state index in [1.54, 1.807) is 0 Å². The first-order chi connectivity index (χ1) is 13.6. The van der Waals surface area contributed by atoms with Crippen LogP contribution in [0.5, 0.6) is 0 Å². The second-order valence-corrected chi connectivity index (χ2v) is 11.8. The molecular weight excluding hydrogens is 390 g/mol. The minimum Gasteiger partial charge on any atom is -0.352 e. The number of sulfonamides is 1. The molecule has 160 valence electrons. The fourth-order valence-corrected chi connectivity index (χ4v) is 7.22. The number of carbonyl (C=O) groups excluding carboxylic acids is 1. The van der Waals surface area contributed by atoms with E-state index in [-0.39, 0.29) is 34.4 Å². The van der Waals surface area contributed by atoms with Crippen molar-refractivity contribution >= 4 is 15.9 Å². The summed E-state index contributed by atoms with van der Waals surface area (Å²) < 4.78 is 26.9. The SMILES string of the molecule is C[C@@H](NC(=O)Cn1cc(S(=O)(=O)N(C)C)ccc1=O)C12CC3CC(CC(C3)C1)C2. The van der Waals surface area contributed by atoms with Gasteiger partial charge in [-0.1, -0.05) is 0 Å². The van der Waals surface area contributed by atoms with Crippen molar-refractivity contribution in [1.82, 2.24) is 14.2 Å². The smallest absolute Gasteiger partial charge is 0.251 e. The minimum atomic E-state index is -3.66. The number of aromatic nitrogens is 1. The van der Waals surface area contributed by atoms with Gasteiger partial charge in [0.15, 0.2) is 0 Å². The van der Waals surface area contributed by atoms with Crippen molar-refractivity contribution in [2.45, 2.75) is 62.9 Å². The molecule has 1 aromatic heterocycles. The molecule has 0 unspecified atom stereocenters. The molecular formula is C21H31N3O4S. The average Bonchev–Trinajstić information content (AvgIpc) is 2.62. The van der Waals surface area contributed by atoms with Gasteiger partial charge in [-0.05, 0) is 74.7 Å². The van der Waals surface area contributed by atoms with Crippen LogP contribution in [0.4, 0.5) is 0 Å². The van der Waals surface area contributed by atoms with Crippen molar-refractivity contribution in [2.24, 2.45) is 23.2 Å². The number of hydrogen-bond acceptors (Lipinski definition) is 4. The van der Waals surface area contributed by atoms with Gasteiger partial charge in [-0.3, -0.25) is 9.59 Å². The molecule has 0 aromatic carbocycles. The number of rotatable bonds is 6. The Morgan fingerprint density at radius 2 is 1.72 bits per heavy atom. The fourth-order valence-electron chi connectivity index (χ4n) is 6.30. The van der Waals surface area contributed by atoms with E-state index in [4.69, 9.17) is 0 Å². The molecule has 4 aliphatic carbocycles. The van der Waals surface area contributed by atoms with E-state index >= 15 is 0 Å². The van der Waals surface area contributed by atoms with E-state index < -0.39 is 10.0 Å². The fraction of sp³-hybridized carbons (Fsp3) is 0.714. The van der Waals surface area contributed by atoms with Crippen LogP contribution >= 0.6 is 0 Å². The van der Waals surface area contributed by atoms with Gasteiger partial charge in [0.25, 0.3) is 5.56 Å². The van der Waals surface area contributed by atoms with E-state index in [1.807, 2.05) is 0 Å². The Balaban J connectivity index is 1.47.